The minimum atomic E-state index is 0.0431. The number of hydrogen-bond acceptors (Lipinski definition) is 2. The van der Waals surface area contributed by atoms with Crippen molar-refractivity contribution in [3.8, 4) is 0 Å². The average Bonchev–Trinajstić information content (AvgIpc) is 3.10. The van der Waals surface area contributed by atoms with E-state index in [1.807, 2.05) is 0 Å². The number of ketones is 2. The molecule has 0 saturated heterocycles. The summed E-state index contributed by atoms with van der Waals surface area (Å²) in [4.78, 5) is 25.6. The first-order valence-electron chi connectivity index (χ1n) is 7.20. The molecule has 8 atom stereocenters. The summed E-state index contributed by atoms with van der Waals surface area (Å²) in [5, 5.41) is 0. The third kappa shape index (κ3) is 0.877. The summed E-state index contributed by atoms with van der Waals surface area (Å²) in [5.41, 5.74) is 0. The lowest BCUT2D eigenvalue weighted by Gasteiger charge is -2.40. The second-order valence-electron chi connectivity index (χ2n) is 6.80. The molecule has 0 spiro atoms. The lowest BCUT2D eigenvalue weighted by molar-refractivity contribution is -0.148. The normalized spacial score (nSPS) is 58.4. The van der Waals surface area contributed by atoms with Gasteiger partial charge in [0, 0.05) is 23.7 Å². The molecule has 3 fully saturated rings. The Kier molecular flexibility index (Phi) is 1.55. The lowest BCUT2D eigenvalue weighted by atomic mass is 9.60. The molecule has 3 saturated carbocycles. The lowest BCUT2D eigenvalue weighted by Crippen LogP contribution is -2.50. The molecular formula is C16H16O2. The topological polar surface area (TPSA) is 34.1 Å². The van der Waals surface area contributed by atoms with Crippen molar-refractivity contribution in [2.45, 2.75) is 12.8 Å². The Morgan fingerprint density at radius 2 is 0.889 bits per heavy atom. The van der Waals surface area contributed by atoms with Gasteiger partial charge in [0.1, 0.15) is 11.6 Å². The van der Waals surface area contributed by atoms with Crippen LogP contribution in [0.2, 0.25) is 0 Å². The number of allylic oxidation sites excluding steroid dienone is 4. The van der Waals surface area contributed by atoms with Gasteiger partial charge in [-0.15, -0.1) is 0 Å². The standard InChI is InChI=1S/C16H16O2/c17-15-11-7-1-2-8(5-7)12(11)16(18)14-10-4-3-9(6-10)13(14)15/h1-4,7-14H,5-6H2/t7-,8-,9-,10-,11-,12+,13-,14+/m1/s1. The number of carbonyl (C=O) groups is 2. The van der Waals surface area contributed by atoms with Crippen LogP contribution in [0.15, 0.2) is 24.3 Å². The van der Waals surface area contributed by atoms with Crippen molar-refractivity contribution in [2.24, 2.45) is 47.3 Å². The summed E-state index contributed by atoms with van der Waals surface area (Å²) in [5.74, 6) is 2.53. The van der Waals surface area contributed by atoms with Crippen LogP contribution in [0.3, 0.4) is 0 Å². The second kappa shape index (κ2) is 2.87. The van der Waals surface area contributed by atoms with Gasteiger partial charge in [-0.1, -0.05) is 24.3 Å². The molecule has 92 valence electrons. The first-order chi connectivity index (χ1) is 8.75. The van der Waals surface area contributed by atoms with Gasteiger partial charge in [0.05, 0.1) is 0 Å². The molecule has 5 rings (SSSR count). The maximum Gasteiger partial charge on any atom is 0.141 e. The molecule has 0 unspecified atom stereocenters. The van der Waals surface area contributed by atoms with Crippen LogP contribution in [0, 0.1) is 47.3 Å². The molecule has 2 heteroatoms. The summed E-state index contributed by atoms with van der Waals surface area (Å²) in [6.07, 6.45) is 10.9. The monoisotopic (exact) mass is 240 g/mol. The predicted octanol–water partition coefficient (Wildman–Crippen LogP) is 2.01. The highest BCUT2D eigenvalue weighted by atomic mass is 16.1. The molecule has 0 heterocycles. The van der Waals surface area contributed by atoms with Crippen molar-refractivity contribution < 1.29 is 9.59 Å². The largest absolute Gasteiger partial charge is 0.299 e. The van der Waals surface area contributed by atoms with Crippen LogP contribution in [0.25, 0.3) is 0 Å². The Hall–Kier alpha value is -1.18. The Labute approximate surface area is 106 Å². The van der Waals surface area contributed by atoms with Crippen LogP contribution in [0.4, 0.5) is 0 Å². The minimum Gasteiger partial charge on any atom is -0.299 e. The van der Waals surface area contributed by atoms with Gasteiger partial charge in [-0.25, -0.2) is 0 Å². The molecule has 5 aliphatic rings. The molecule has 5 aliphatic carbocycles. The van der Waals surface area contributed by atoms with E-state index in [4.69, 9.17) is 0 Å². The number of carbonyl (C=O) groups excluding carboxylic acids is 2. The predicted molar refractivity (Wildman–Crippen MR) is 65.4 cm³/mol. The number of rotatable bonds is 0. The van der Waals surface area contributed by atoms with E-state index >= 15 is 0 Å². The number of Topliss-reactive ketones (excluding diaryl/α,β-unsaturated/α-hetero) is 2. The van der Waals surface area contributed by atoms with E-state index in [9.17, 15) is 9.59 Å². The van der Waals surface area contributed by atoms with Crippen LogP contribution < -0.4 is 0 Å². The smallest absolute Gasteiger partial charge is 0.141 e. The molecule has 18 heavy (non-hydrogen) atoms. The molecule has 2 nitrogen and oxygen atoms in total. The summed E-state index contributed by atoms with van der Waals surface area (Å²) in [7, 11) is 0. The highest BCUT2D eigenvalue weighted by Crippen LogP contribution is 2.60. The van der Waals surface area contributed by atoms with E-state index in [-0.39, 0.29) is 23.7 Å². The minimum absolute atomic E-state index is 0.0431. The van der Waals surface area contributed by atoms with Crippen molar-refractivity contribution in [1.29, 1.82) is 0 Å². The second-order valence-corrected chi connectivity index (χ2v) is 6.80. The first-order valence-corrected chi connectivity index (χ1v) is 7.20. The zero-order chi connectivity index (χ0) is 12.0. The van der Waals surface area contributed by atoms with Crippen LogP contribution >= 0.6 is 0 Å². The third-order valence-corrected chi connectivity index (χ3v) is 6.23. The first kappa shape index (κ1) is 9.71. The van der Waals surface area contributed by atoms with Gasteiger partial charge in [0.2, 0.25) is 0 Å². The Morgan fingerprint density at radius 3 is 1.17 bits per heavy atom. The number of fused-ring (bicyclic) bond motifs is 10. The van der Waals surface area contributed by atoms with Gasteiger partial charge in [-0.05, 0) is 36.5 Å². The molecule has 0 aliphatic heterocycles. The summed E-state index contributed by atoms with van der Waals surface area (Å²) < 4.78 is 0. The zero-order valence-electron chi connectivity index (χ0n) is 10.2. The van der Waals surface area contributed by atoms with Crippen LogP contribution in [-0.4, -0.2) is 11.6 Å². The number of hydrogen-bond donors (Lipinski definition) is 0. The molecule has 0 aromatic rings. The summed E-state index contributed by atoms with van der Waals surface area (Å²) >= 11 is 0. The highest BCUT2D eigenvalue weighted by molar-refractivity contribution is 6.02. The van der Waals surface area contributed by atoms with Gasteiger partial charge in [0.15, 0.2) is 0 Å². The summed E-state index contributed by atoms with van der Waals surface area (Å²) in [6, 6.07) is 0. The van der Waals surface area contributed by atoms with E-state index < -0.39 is 0 Å². The average molecular weight is 240 g/mol. The van der Waals surface area contributed by atoms with Crippen LogP contribution in [-0.2, 0) is 9.59 Å². The Balaban J connectivity index is 1.65. The van der Waals surface area contributed by atoms with Gasteiger partial charge in [-0.2, -0.15) is 0 Å². The molecule has 0 aromatic carbocycles. The van der Waals surface area contributed by atoms with Crippen molar-refractivity contribution in [3.05, 3.63) is 24.3 Å². The molecule has 0 amide bonds. The van der Waals surface area contributed by atoms with Crippen molar-refractivity contribution in [2.75, 3.05) is 0 Å². The van der Waals surface area contributed by atoms with Gasteiger partial charge in [0.25, 0.3) is 0 Å². The maximum atomic E-state index is 12.8. The van der Waals surface area contributed by atoms with Gasteiger partial charge >= 0.3 is 0 Å². The van der Waals surface area contributed by atoms with E-state index in [1.54, 1.807) is 0 Å². The maximum absolute atomic E-state index is 12.8. The molecular weight excluding hydrogens is 224 g/mol. The third-order valence-electron chi connectivity index (χ3n) is 6.23. The molecule has 0 radical (unpaired) electrons. The quantitative estimate of drug-likeness (QED) is 0.607. The fourth-order valence-electron chi connectivity index (χ4n) is 5.64. The van der Waals surface area contributed by atoms with Crippen LogP contribution in [0.1, 0.15) is 12.8 Å². The van der Waals surface area contributed by atoms with Crippen LogP contribution in [0.5, 0.6) is 0 Å². The van der Waals surface area contributed by atoms with Crippen molar-refractivity contribution in [1.82, 2.24) is 0 Å². The van der Waals surface area contributed by atoms with E-state index in [1.165, 1.54) is 0 Å². The zero-order valence-corrected chi connectivity index (χ0v) is 10.2. The Bertz CT molecular complexity index is 441. The molecule has 0 N–H and O–H groups in total. The SMILES string of the molecule is O=C1[C@@H]2[C@H](C(=O)[C@H]3[C@@H]1[C@@H]1C=C[C@@H]3C1)[C@@H]1C=C[C@@H]2C1. The van der Waals surface area contributed by atoms with E-state index in [0.717, 1.165) is 12.8 Å². The van der Waals surface area contributed by atoms with Gasteiger partial charge < -0.3 is 0 Å². The Morgan fingerprint density at radius 1 is 0.611 bits per heavy atom. The molecule has 0 aromatic heterocycles. The van der Waals surface area contributed by atoms with Gasteiger partial charge in [-0.3, -0.25) is 9.59 Å². The van der Waals surface area contributed by atoms with E-state index in [0.29, 0.717) is 35.2 Å². The van der Waals surface area contributed by atoms with Crippen molar-refractivity contribution in [3.63, 3.8) is 0 Å². The van der Waals surface area contributed by atoms with E-state index in [2.05, 4.69) is 24.3 Å². The molecule has 4 bridgehead atoms. The van der Waals surface area contributed by atoms with Crippen molar-refractivity contribution >= 4 is 11.6 Å². The highest BCUT2D eigenvalue weighted by Gasteiger charge is 2.63. The summed E-state index contributed by atoms with van der Waals surface area (Å²) in [6.45, 7) is 0. The fraction of sp³-hybridized carbons (Fsp3) is 0.625. The fourth-order valence-corrected chi connectivity index (χ4v) is 5.64.